The van der Waals surface area contributed by atoms with Gasteiger partial charge in [-0.3, -0.25) is 0 Å². The summed E-state index contributed by atoms with van der Waals surface area (Å²) in [6, 6.07) is 8.25. The van der Waals surface area contributed by atoms with E-state index in [2.05, 4.69) is 9.93 Å². The van der Waals surface area contributed by atoms with E-state index in [1.807, 2.05) is 0 Å². The van der Waals surface area contributed by atoms with Gasteiger partial charge in [-0.05, 0) is 24.3 Å². The molecule has 2 rings (SSSR count). The normalized spacial score (nSPS) is 18.9. The minimum Gasteiger partial charge on any atom is -0.200 e. The quantitative estimate of drug-likeness (QED) is 0.833. The van der Waals surface area contributed by atoms with Crippen molar-refractivity contribution in [3.05, 3.63) is 30.3 Å². The van der Waals surface area contributed by atoms with Crippen LogP contribution in [0.15, 0.2) is 40.3 Å². The van der Waals surface area contributed by atoms with E-state index in [4.69, 9.17) is 0 Å². The molecule has 0 saturated carbocycles. The van der Waals surface area contributed by atoms with E-state index in [1.54, 1.807) is 42.1 Å². The molecule has 1 aromatic carbocycles. The molecule has 1 aromatic rings. The van der Waals surface area contributed by atoms with Crippen LogP contribution in [0.3, 0.4) is 0 Å². The standard InChI is InChI=1S/C10H12N2O2S2/c13-16(14,10-4-2-1-3-5-10)12-11-9-6-7-15-8-9/h1-5,12H,6-8H2/b11-9+. The van der Waals surface area contributed by atoms with Crippen LogP contribution in [0.1, 0.15) is 6.42 Å². The van der Waals surface area contributed by atoms with Gasteiger partial charge in [0, 0.05) is 11.5 Å². The van der Waals surface area contributed by atoms with Crippen LogP contribution in [-0.2, 0) is 10.0 Å². The van der Waals surface area contributed by atoms with Crippen LogP contribution in [0.4, 0.5) is 0 Å². The summed E-state index contributed by atoms with van der Waals surface area (Å²) in [5.41, 5.74) is 0.907. The van der Waals surface area contributed by atoms with Crippen LogP contribution in [0.25, 0.3) is 0 Å². The zero-order valence-corrected chi connectivity index (χ0v) is 10.2. The number of sulfonamides is 1. The van der Waals surface area contributed by atoms with E-state index < -0.39 is 10.0 Å². The number of nitrogens with zero attached hydrogens (tertiary/aromatic N) is 1. The van der Waals surface area contributed by atoms with Gasteiger partial charge in [-0.25, -0.2) is 4.83 Å². The first kappa shape index (κ1) is 11.5. The number of nitrogens with one attached hydrogen (secondary N) is 1. The summed E-state index contributed by atoms with van der Waals surface area (Å²) >= 11 is 1.76. The third-order valence-electron chi connectivity index (χ3n) is 2.18. The van der Waals surface area contributed by atoms with E-state index >= 15 is 0 Å². The number of rotatable bonds is 3. The summed E-state index contributed by atoms with van der Waals surface area (Å²) in [4.78, 5) is 2.50. The number of hydrogen-bond donors (Lipinski definition) is 1. The van der Waals surface area contributed by atoms with Crippen molar-refractivity contribution in [3.8, 4) is 0 Å². The van der Waals surface area contributed by atoms with Gasteiger partial charge in [0.05, 0.1) is 4.90 Å². The Morgan fingerprint density at radius 3 is 2.62 bits per heavy atom. The average molecular weight is 256 g/mol. The Hall–Kier alpha value is -1.01. The third kappa shape index (κ3) is 2.76. The molecule has 1 saturated heterocycles. The molecule has 1 fully saturated rings. The van der Waals surface area contributed by atoms with Crippen molar-refractivity contribution >= 4 is 27.5 Å². The van der Waals surface area contributed by atoms with E-state index in [9.17, 15) is 8.42 Å². The van der Waals surface area contributed by atoms with Crippen LogP contribution in [0.5, 0.6) is 0 Å². The lowest BCUT2D eigenvalue weighted by Crippen LogP contribution is -2.20. The van der Waals surface area contributed by atoms with Crippen LogP contribution < -0.4 is 4.83 Å². The summed E-state index contributed by atoms with van der Waals surface area (Å²) in [6.07, 6.45) is 0.863. The molecule has 1 heterocycles. The Labute approximate surface area is 99.2 Å². The number of thioether (sulfide) groups is 1. The minimum atomic E-state index is -3.49. The Bertz CT molecular complexity index is 475. The van der Waals surface area contributed by atoms with Gasteiger partial charge >= 0.3 is 0 Å². The first-order valence-corrected chi connectivity index (χ1v) is 7.52. The van der Waals surface area contributed by atoms with E-state index in [0.29, 0.717) is 0 Å². The van der Waals surface area contributed by atoms with Gasteiger partial charge in [-0.1, -0.05) is 18.2 Å². The predicted octanol–water partition coefficient (Wildman–Crippen LogP) is 1.46. The average Bonchev–Trinajstić information content (AvgIpc) is 2.81. The molecule has 0 radical (unpaired) electrons. The molecule has 16 heavy (non-hydrogen) atoms. The summed E-state index contributed by atoms with van der Waals surface area (Å²) in [7, 11) is -3.49. The van der Waals surface area contributed by atoms with Crippen LogP contribution in [0, 0.1) is 0 Å². The highest BCUT2D eigenvalue weighted by atomic mass is 32.2. The Kier molecular flexibility index (Phi) is 3.50. The van der Waals surface area contributed by atoms with Crippen LogP contribution in [-0.4, -0.2) is 25.6 Å². The first-order chi connectivity index (χ1) is 7.68. The topological polar surface area (TPSA) is 58.5 Å². The molecule has 0 aromatic heterocycles. The number of hydrogen-bond acceptors (Lipinski definition) is 4. The lowest BCUT2D eigenvalue weighted by molar-refractivity contribution is 0.584. The highest BCUT2D eigenvalue weighted by Gasteiger charge is 2.14. The smallest absolute Gasteiger partial charge is 0.200 e. The summed E-state index contributed by atoms with van der Waals surface area (Å²) in [5.74, 6) is 1.84. The van der Waals surface area contributed by atoms with Gasteiger partial charge in [0.2, 0.25) is 0 Å². The predicted molar refractivity (Wildman–Crippen MR) is 66.1 cm³/mol. The highest BCUT2D eigenvalue weighted by molar-refractivity contribution is 8.00. The van der Waals surface area contributed by atoms with Crippen molar-refractivity contribution in [1.82, 2.24) is 4.83 Å². The zero-order chi connectivity index (χ0) is 11.4. The maximum absolute atomic E-state index is 11.8. The van der Waals surface area contributed by atoms with E-state index in [0.717, 1.165) is 23.6 Å². The van der Waals surface area contributed by atoms with Crippen molar-refractivity contribution in [1.29, 1.82) is 0 Å². The Morgan fingerprint density at radius 2 is 2.00 bits per heavy atom. The molecule has 1 aliphatic rings. The third-order valence-corrected chi connectivity index (χ3v) is 4.44. The van der Waals surface area contributed by atoms with Gasteiger partial charge in [-0.2, -0.15) is 25.3 Å². The van der Waals surface area contributed by atoms with Crippen LogP contribution in [0.2, 0.25) is 0 Å². The molecule has 0 unspecified atom stereocenters. The molecule has 0 aliphatic carbocycles. The fourth-order valence-corrected chi connectivity index (χ4v) is 3.16. The number of benzene rings is 1. The van der Waals surface area contributed by atoms with Gasteiger partial charge < -0.3 is 0 Å². The fraction of sp³-hybridized carbons (Fsp3) is 0.300. The van der Waals surface area contributed by atoms with Crippen molar-refractivity contribution < 1.29 is 8.42 Å². The second-order valence-electron chi connectivity index (χ2n) is 3.39. The maximum atomic E-state index is 11.8. The van der Waals surface area contributed by atoms with Crippen molar-refractivity contribution in [2.75, 3.05) is 11.5 Å². The molecule has 1 N–H and O–H groups in total. The first-order valence-electron chi connectivity index (χ1n) is 4.88. The van der Waals surface area contributed by atoms with Crippen LogP contribution >= 0.6 is 11.8 Å². The molecule has 0 atom stereocenters. The van der Waals surface area contributed by atoms with Gasteiger partial charge in [0.15, 0.2) is 0 Å². The second-order valence-corrected chi connectivity index (χ2v) is 6.15. The fourth-order valence-electron chi connectivity index (χ4n) is 1.32. The molecule has 6 heteroatoms. The molecular formula is C10H12N2O2S2. The van der Waals surface area contributed by atoms with E-state index in [1.165, 1.54) is 0 Å². The van der Waals surface area contributed by atoms with Crippen molar-refractivity contribution in [2.24, 2.45) is 5.10 Å². The molecule has 0 spiro atoms. The Morgan fingerprint density at radius 1 is 1.25 bits per heavy atom. The van der Waals surface area contributed by atoms with Gasteiger partial charge in [0.1, 0.15) is 0 Å². The molecule has 1 aliphatic heterocycles. The maximum Gasteiger partial charge on any atom is 0.276 e. The molecule has 86 valence electrons. The van der Waals surface area contributed by atoms with E-state index in [-0.39, 0.29) is 4.90 Å². The lowest BCUT2D eigenvalue weighted by atomic mass is 10.3. The zero-order valence-electron chi connectivity index (χ0n) is 8.59. The molecule has 0 bridgehead atoms. The van der Waals surface area contributed by atoms with Gasteiger partial charge in [-0.15, -0.1) is 0 Å². The summed E-state index contributed by atoms with van der Waals surface area (Å²) < 4.78 is 23.5. The SMILES string of the molecule is O=S(=O)(N/N=C1\CCSC1)c1ccccc1. The summed E-state index contributed by atoms with van der Waals surface area (Å²) in [6.45, 7) is 0. The minimum absolute atomic E-state index is 0.241. The lowest BCUT2D eigenvalue weighted by Gasteiger charge is -2.03. The monoisotopic (exact) mass is 256 g/mol. The molecular weight excluding hydrogens is 244 g/mol. The van der Waals surface area contributed by atoms with Crippen molar-refractivity contribution in [3.63, 3.8) is 0 Å². The molecule has 0 amide bonds. The molecule has 4 nitrogen and oxygen atoms in total. The van der Waals surface area contributed by atoms with Gasteiger partial charge in [0.25, 0.3) is 10.0 Å². The second kappa shape index (κ2) is 4.88. The summed E-state index contributed by atoms with van der Waals surface area (Å²) in [5, 5.41) is 3.93. The van der Waals surface area contributed by atoms with Crippen molar-refractivity contribution in [2.45, 2.75) is 11.3 Å². The highest BCUT2D eigenvalue weighted by Crippen LogP contribution is 2.14. The number of hydrazone groups is 1. The Balaban J connectivity index is 2.12. The largest absolute Gasteiger partial charge is 0.276 e.